The molecule has 2 aromatic rings. The Bertz CT molecular complexity index is 783. The summed E-state index contributed by atoms with van der Waals surface area (Å²) in [7, 11) is -3.63. The van der Waals surface area contributed by atoms with Crippen LogP contribution in [-0.4, -0.2) is 24.6 Å². The second kappa shape index (κ2) is 4.36. The molecular formula is C10H7N3O3S2. The molecule has 0 aliphatic heterocycles. The maximum atomic E-state index is 11.7. The van der Waals surface area contributed by atoms with Crippen LogP contribution in [0.4, 0.5) is 5.69 Å². The average molecular weight is 281 g/mol. The second-order valence-corrected chi connectivity index (χ2v) is 6.31. The van der Waals surface area contributed by atoms with E-state index >= 15 is 0 Å². The SMILES string of the molecule is [C-]#[N+]c1c(-c2cccs2)nc(S(C)(=O)=O)[nH]c1=O. The first-order chi connectivity index (χ1) is 8.43. The summed E-state index contributed by atoms with van der Waals surface area (Å²) in [6.45, 7) is 6.97. The number of rotatable bonds is 2. The third kappa shape index (κ3) is 2.18. The maximum Gasteiger partial charge on any atom is 0.276 e. The monoisotopic (exact) mass is 281 g/mol. The molecule has 0 fully saturated rings. The van der Waals surface area contributed by atoms with Crippen LogP contribution in [0.2, 0.25) is 0 Å². The Morgan fingerprint density at radius 2 is 2.22 bits per heavy atom. The van der Waals surface area contributed by atoms with Crippen molar-refractivity contribution < 1.29 is 8.42 Å². The molecule has 0 atom stereocenters. The van der Waals surface area contributed by atoms with Gasteiger partial charge in [0.25, 0.3) is 11.2 Å². The summed E-state index contributed by atoms with van der Waals surface area (Å²) < 4.78 is 22.8. The molecule has 0 aromatic carbocycles. The van der Waals surface area contributed by atoms with Gasteiger partial charge in [-0.3, -0.25) is 4.79 Å². The van der Waals surface area contributed by atoms with E-state index < -0.39 is 20.6 Å². The molecule has 2 rings (SSSR count). The van der Waals surface area contributed by atoms with E-state index in [-0.39, 0.29) is 11.4 Å². The Morgan fingerprint density at radius 1 is 1.50 bits per heavy atom. The topological polar surface area (TPSA) is 84.2 Å². The summed E-state index contributed by atoms with van der Waals surface area (Å²) in [5.74, 6) is 0. The predicted molar refractivity (Wildman–Crippen MR) is 67.5 cm³/mol. The number of sulfone groups is 1. The van der Waals surface area contributed by atoms with Crippen molar-refractivity contribution in [1.82, 2.24) is 9.97 Å². The van der Waals surface area contributed by atoms with Gasteiger partial charge in [-0.2, -0.15) is 0 Å². The van der Waals surface area contributed by atoms with Crippen LogP contribution in [0, 0.1) is 6.57 Å². The molecule has 2 heterocycles. The van der Waals surface area contributed by atoms with Gasteiger partial charge in [-0.1, -0.05) is 6.07 Å². The van der Waals surface area contributed by atoms with Gasteiger partial charge in [0.1, 0.15) is 0 Å². The molecule has 18 heavy (non-hydrogen) atoms. The highest BCUT2D eigenvalue weighted by atomic mass is 32.2. The molecule has 0 amide bonds. The molecule has 0 saturated heterocycles. The summed E-state index contributed by atoms with van der Waals surface area (Å²) in [5.41, 5.74) is -0.849. The lowest BCUT2D eigenvalue weighted by Crippen LogP contribution is -2.15. The van der Waals surface area contributed by atoms with Crippen LogP contribution in [0.3, 0.4) is 0 Å². The number of thiophene rings is 1. The van der Waals surface area contributed by atoms with Crippen LogP contribution in [0.5, 0.6) is 0 Å². The number of nitrogens with one attached hydrogen (secondary N) is 1. The highest BCUT2D eigenvalue weighted by Gasteiger charge is 2.18. The van der Waals surface area contributed by atoms with Gasteiger partial charge >= 0.3 is 0 Å². The quantitative estimate of drug-likeness (QED) is 0.667. The van der Waals surface area contributed by atoms with Crippen molar-refractivity contribution in [2.45, 2.75) is 5.16 Å². The van der Waals surface area contributed by atoms with Crippen LogP contribution < -0.4 is 5.56 Å². The highest BCUT2D eigenvalue weighted by Crippen LogP contribution is 2.29. The van der Waals surface area contributed by atoms with Crippen LogP contribution in [-0.2, 0) is 9.84 Å². The molecule has 0 aliphatic rings. The fourth-order valence-corrected chi connectivity index (χ4v) is 2.56. The lowest BCUT2D eigenvalue weighted by atomic mass is 10.3. The number of hydrogen-bond donors (Lipinski definition) is 1. The first kappa shape index (κ1) is 12.5. The zero-order valence-corrected chi connectivity index (χ0v) is 10.8. The fourth-order valence-electron chi connectivity index (χ4n) is 1.31. The number of aromatic nitrogens is 2. The normalized spacial score (nSPS) is 11.1. The largest absolute Gasteiger partial charge is 0.306 e. The number of H-pyrrole nitrogens is 1. The molecule has 1 N–H and O–H groups in total. The van der Waals surface area contributed by atoms with Crippen LogP contribution in [0.25, 0.3) is 15.4 Å². The van der Waals surface area contributed by atoms with E-state index in [2.05, 4.69) is 14.8 Å². The predicted octanol–water partition coefficient (Wildman–Crippen LogP) is 1.45. The molecule has 0 saturated carbocycles. The van der Waals surface area contributed by atoms with Gasteiger partial charge in [0.2, 0.25) is 15.0 Å². The van der Waals surface area contributed by atoms with Gasteiger partial charge < -0.3 is 4.98 Å². The Kier molecular flexibility index (Phi) is 3.02. The van der Waals surface area contributed by atoms with E-state index in [9.17, 15) is 13.2 Å². The first-order valence-corrected chi connectivity index (χ1v) is 7.46. The van der Waals surface area contributed by atoms with Crippen LogP contribution in [0.1, 0.15) is 0 Å². The molecular weight excluding hydrogens is 274 g/mol. The van der Waals surface area contributed by atoms with E-state index in [4.69, 9.17) is 6.57 Å². The number of nitrogens with zero attached hydrogens (tertiary/aromatic N) is 2. The molecule has 0 radical (unpaired) electrons. The molecule has 0 aliphatic carbocycles. The average Bonchev–Trinajstić information content (AvgIpc) is 2.79. The minimum atomic E-state index is -3.63. The van der Waals surface area contributed by atoms with Crippen molar-refractivity contribution in [1.29, 1.82) is 0 Å². The van der Waals surface area contributed by atoms with Crippen LogP contribution >= 0.6 is 11.3 Å². The van der Waals surface area contributed by atoms with E-state index in [1.807, 2.05) is 0 Å². The highest BCUT2D eigenvalue weighted by molar-refractivity contribution is 7.90. The Hall–Kier alpha value is -1.98. The van der Waals surface area contributed by atoms with Crippen molar-refractivity contribution >= 4 is 26.9 Å². The van der Waals surface area contributed by atoms with Gasteiger partial charge in [-0.15, -0.1) is 11.3 Å². The number of hydrogen-bond acceptors (Lipinski definition) is 5. The van der Waals surface area contributed by atoms with E-state index in [0.29, 0.717) is 4.88 Å². The minimum absolute atomic E-state index is 0.101. The van der Waals surface area contributed by atoms with Crippen molar-refractivity contribution in [3.05, 3.63) is 39.3 Å². The molecule has 6 nitrogen and oxygen atoms in total. The lowest BCUT2D eigenvalue weighted by molar-refractivity contribution is 0.592. The maximum absolute atomic E-state index is 11.7. The van der Waals surface area contributed by atoms with E-state index in [1.165, 1.54) is 11.3 Å². The summed E-state index contributed by atoms with van der Waals surface area (Å²) in [5, 5.41) is 1.33. The van der Waals surface area contributed by atoms with Crippen molar-refractivity contribution in [3.8, 4) is 10.6 Å². The first-order valence-electron chi connectivity index (χ1n) is 4.69. The standard InChI is InChI=1S/C10H7N3O3S2/c1-11-8-7(6-4-3-5-17-6)12-10(13-9(8)14)18(2,15)16/h3-5H,2H3,(H,12,13,14). The third-order valence-corrected chi connectivity index (χ3v) is 3.86. The van der Waals surface area contributed by atoms with E-state index in [0.717, 1.165) is 6.26 Å². The molecule has 92 valence electrons. The smallest absolute Gasteiger partial charge is 0.276 e. The van der Waals surface area contributed by atoms with Crippen molar-refractivity contribution in [2.24, 2.45) is 0 Å². The molecule has 8 heteroatoms. The molecule has 0 bridgehead atoms. The van der Waals surface area contributed by atoms with E-state index in [1.54, 1.807) is 17.5 Å². The molecule has 0 unspecified atom stereocenters. The third-order valence-electron chi connectivity index (χ3n) is 2.09. The minimum Gasteiger partial charge on any atom is -0.306 e. The summed E-state index contributed by atoms with van der Waals surface area (Å²) in [6, 6.07) is 3.41. The van der Waals surface area contributed by atoms with Gasteiger partial charge in [0, 0.05) is 11.1 Å². The molecule has 0 spiro atoms. The lowest BCUT2D eigenvalue weighted by Gasteiger charge is -2.03. The summed E-state index contributed by atoms with van der Waals surface area (Å²) in [4.78, 5) is 21.3. The Balaban J connectivity index is 2.84. The van der Waals surface area contributed by atoms with Crippen molar-refractivity contribution in [3.63, 3.8) is 0 Å². The summed E-state index contributed by atoms with van der Waals surface area (Å²) >= 11 is 1.28. The van der Waals surface area contributed by atoms with Crippen LogP contribution in [0.15, 0.2) is 27.5 Å². The van der Waals surface area contributed by atoms with Gasteiger partial charge in [0.05, 0.1) is 12.3 Å². The fraction of sp³-hybridized carbons (Fsp3) is 0.100. The van der Waals surface area contributed by atoms with Gasteiger partial charge in [-0.05, 0) is 11.4 Å². The zero-order chi connectivity index (χ0) is 13.3. The summed E-state index contributed by atoms with van der Waals surface area (Å²) in [6.07, 6.45) is 0.945. The molecule has 2 aromatic heterocycles. The number of aromatic amines is 1. The Morgan fingerprint density at radius 3 is 2.72 bits per heavy atom. The zero-order valence-electron chi connectivity index (χ0n) is 9.17. The van der Waals surface area contributed by atoms with Gasteiger partial charge in [-0.25, -0.2) is 18.2 Å². The Labute approximate surface area is 107 Å². The van der Waals surface area contributed by atoms with Crippen molar-refractivity contribution in [2.75, 3.05) is 6.26 Å². The van der Waals surface area contributed by atoms with Gasteiger partial charge in [0.15, 0.2) is 0 Å². The second-order valence-electron chi connectivity index (χ2n) is 3.43.